The van der Waals surface area contributed by atoms with Crippen LogP contribution in [0.3, 0.4) is 0 Å². The van der Waals surface area contributed by atoms with Gasteiger partial charge in [-0.3, -0.25) is 9.78 Å². The molecule has 1 aliphatic carbocycles. The Morgan fingerprint density at radius 1 is 1.21 bits per heavy atom. The predicted octanol–water partition coefficient (Wildman–Crippen LogP) is 2.70. The zero-order valence-electron chi connectivity index (χ0n) is 13.4. The minimum Gasteiger partial charge on any atom is -0.337 e. The molecule has 1 aromatic carbocycles. The van der Waals surface area contributed by atoms with E-state index in [0.717, 1.165) is 6.54 Å². The molecule has 2 atom stereocenters. The van der Waals surface area contributed by atoms with Crippen molar-refractivity contribution < 1.29 is 9.18 Å². The number of nitrogens with two attached hydrogens (primary N) is 1. The van der Waals surface area contributed by atoms with Gasteiger partial charge in [-0.2, -0.15) is 0 Å². The first-order valence-electron chi connectivity index (χ1n) is 8.38. The molecule has 1 saturated heterocycles. The van der Waals surface area contributed by atoms with E-state index in [1.165, 1.54) is 25.0 Å². The van der Waals surface area contributed by atoms with Crippen LogP contribution in [0.1, 0.15) is 23.2 Å². The number of hydrogen-bond acceptors (Lipinski definition) is 3. The second kappa shape index (κ2) is 5.98. The third-order valence-electron chi connectivity index (χ3n) is 5.06. The highest BCUT2D eigenvalue weighted by Gasteiger charge is 2.42. The highest BCUT2D eigenvalue weighted by molar-refractivity contribution is 5.94. The SMILES string of the molecule is NC1CN(C(=O)c2ccc(-c3cccc(F)c3)nc2)CC1C1CC1. The third-order valence-corrected chi connectivity index (χ3v) is 5.06. The lowest BCUT2D eigenvalue weighted by atomic mass is 9.99. The number of pyridine rings is 1. The van der Waals surface area contributed by atoms with Crippen LogP contribution in [0.5, 0.6) is 0 Å². The maximum absolute atomic E-state index is 13.3. The molecule has 24 heavy (non-hydrogen) atoms. The van der Waals surface area contributed by atoms with E-state index in [1.54, 1.807) is 30.5 Å². The number of hydrogen-bond donors (Lipinski definition) is 1. The van der Waals surface area contributed by atoms with Crippen LogP contribution in [0.4, 0.5) is 4.39 Å². The number of halogens is 1. The molecular formula is C19H20FN3O. The van der Waals surface area contributed by atoms with Crippen molar-refractivity contribution in [1.29, 1.82) is 0 Å². The maximum atomic E-state index is 13.3. The summed E-state index contributed by atoms with van der Waals surface area (Å²) in [7, 11) is 0. The summed E-state index contributed by atoms with van der Waals surface area (Å²) in [4.78, 5) is 18.8. The average Bonchev–Trinajstić information content (AvgIpc) is 3.36. The highest BCUT2D eigenvalue weighted by atomic mass is 19.1. The lowest BCUT2D eigenvalue weighted by molar-refractivity contribution is 0.0784. The highest BCUT2D eigenvalue weighted by Crippen LogP contribution is 2.41. The number of rotatable bonds is 3. The molecule has 0 bridgehead atoms. The van der Waals surface area contributed by atoms with Crippen LogP contribution in [0.2, 0.25) is 0 Å². The molecule has 124 valence electrons. The van der Waals surface area contributed by atoms with Crippen LogP contribution in [0.25, 0.3) is 11.3 Å². The minimum absolute atomic E-state index is 0.0214. The molecule has 2 aliphatic rings. The summed E-state index contributed by atoms with van der Waals surface area (Å²) in [6.45, 7) is 1.36. The van der Waals surface area contributed by atoms with Gasteiger partial charge < -0.3 is 10.6 Å². The van der Waals surface area contributed by atoms with Crippen molar-refractivity contribution in [2.45, 2.75) is 18.9 Å². The Balaban J connectivity index is 1.49. The molecule has 1 aliphatic heterocycles. The summed E-state index contributed by atoms with van der Waals surface area (Å²) >= 11 is 0. The Morgan fingerprint density at radius 3 is 2.71 bits per heavy atom. The quantitative estimate of drug-likeness (QED) is 0.944. The van der Waals surface area contributed by atoms with E-state index in [2.05, 4.69) is 4.98 Å². The van der Waals surface area contributed by atoms with Crippen LogP contribution < -0.4 is 5.73 Å². The first kappa shape index (κ1) is 15.3. The van der Waals surface area contributed by atoms with Gasteiger partial charge in [-0.15, -0.1) is 0 Å². The first-order chi connectivity index (χ1) is 11.6. The second-order valence-corrected chi connectivity index (χ2v) is 6.82. The van der Waals surface area contributed by atoms with E-state index in [4.69, 9.17) is 5.73 Å². The second-order valence-electron chi connectivity index (χ2n) is 6.82. The van der Waals surface area contributed by atoms with E-state index >= 15 is 0 Å². The Kier molecular flexibility index (Phi) is 3.81. The molecule has 4 nitrogen and oxygen atoms in total. The summed E-state index contributed by atoms with van der Waals surface area (Å²) in [5.74, 6) is 0.818. The number of carbonyl (C=O) groups excluding carboxylic acids is 1. The largest absolute Gasteiger partial charge is 0.337 e. The molecule has 2 N–H and O–H groups in total. The van der Waals surface area contributed by atoms with Gasteiger partial charge in [-0.05, 0) is 48.9 Å². The normalized spacial score (nSPS) is 23.5. The zero-order chi connectivity index (χ0) is 16.7. The molecule has 0 radical (unpaired) electrons. The van der Waals surface area contributed by atoms with Crippen LogP contribution in [0, 0.1) is 17.7 Å². The number of nitrogens with zero attached hydrogens (tertiary/aromatic N) is 2. The number of carbonyl (C=O) groups is 1. The summed E-state index contributed by atoms with van der Waals surface area (Å²) in [6.07, 6.45) is 4.05. The van der Waals surface area contributed by atoms with Gasteiger partial charge in [0.1, 0.15) is 5.82 Å². The van der Waals surface area contributed by atoms with Crippen LogP contribution in [-0.2, 0) is 0 Å². The van der Waals surface area contributed by atoms with Crippen molar-refractivity contribution in [1.82, 2.24) is 9.88 Å². The average molecular weight is 325 g/mol. The van der Waals surface area contributed by atoms with Gasteiger partial charge in [0.2, 0.25) is 0 Å². The zero-order valence-corrected chi connectivity index (χ0v) is 13.4. The summed E-state index contributed by atoms with van der Waals surface area (Å²) in [5.41, 5.74) is 8.10. The molecule has 5 heteroatoms. The number of benzene rings is 1. The topological polar surface area (TPSA) is 59.2 Å². The smallest absolute Gasteiger partial charge is 0.255 e. The van der Waals surface area contributed by atoms with E-state index < -0.39 is 0 Å². The molecule has 1 saturated carbocycles. The van der Waals surface area contributed by atoms with Crippen LogP contribution in [-0.4, -0.2) is 34.9 Å². The molecule has 0 spiro atoms. The predicted molar refractivity (Wildman–Crippen MR) is 89.7 cm³/mol. The van der Waals surface area contributed by atoms with Crippen molar-refractivity contribution in [3.8, 4) is 11.3 Å². The molecule has 2 aromatic rings. The molecular weight excluding hydrogens is 305 g/mol. The Hall–Kier alpha value is -2.27. The number of amides is 1. The van der Waals surface area contributed by atoms with Crippen molar-refractivity contribution >= 4 is 5.91 Å². The monoisotopic (exact) mass is 325 g/mol. The van der Waals surface area contributed by atoms with E-state index in [9.17, 15) is 9.18 Å². The summed E-state index contributed by atoms with van der Waals surface area (Å²) in [6, 6.07) is 9.88. The third kappa shape index (κ3) is 2.91. The fourth-order valence-electron chi connectivity index (χ4n) is 3.56. The van der Waals surface area contributed by atoms with Gasteiger partial charge in [0, 0.05) is 30.9 Å². The van der Waals surface area contributed by atoms with Gasteiger partial charge in [-0.1, -0.05) is 12.1 Å². The van der Waals surface area contributed by atoms with E-state index in [1.807, 2.05) is 4.90 Å². The Morgan fingerprint density at radius 2 is 2.04 bits per heavy atom. The molecule has 1 amide bonds. The van der Waals surface area contributed by atoms with Gasteiger partial charge in [0.15, 0.2) is 0 Å². The van der Waals surface area contributed by atoms with Crippen molar-refractivity contribution in [3.63, 3.8) is 0 Å². The van der Waals surface area contributed by atoms with Crippen molar-refractivity contribution in [3.05, 3.63) is 54.0 Å². The van der Waals surface area contributed by atoms with Crippen molar-refractivity contribution in [2.24, 2.45) is 17.6 Å². The lowest BCUT2D eigenvalue weighted by Crippen LogP contribution is -2.32. The fraction of sp³-hybridized carbons (Fsp3) is 0.368. The van der Waals surface area contributed by atoms with Gasteiger partial charge >= 0.3 is 0 Å². The van der Waals surface area contributed by atoms with E-state index in [0.29, 0.717) is 35.2 Å². The minimum atomic E-state index is -0.299. The Bertz CT molecular complexity index is 757. The maximum Gasteiger partial charge on any atom is 0.255 e. The van der Waals surface area contributed by atoms with Crippen molar-refractivity contribution in [2.75, 3.05) is 13.1 Å². The standard InChI is InChI=1S/C19H20FN3O/c20-15-3-1-2-13(8-15)18-7-6-14(9-22-18)19(24)23-10-16(12-4-5-12)17(21)11-23/h1-3,6-9,12,16-17H,4-5,10-11,21H2. The van der Waals surface area contributed by atoms with Gasteiger partial charge in [0.25, 0.3) is 5.91 Å². The Labute approximate surface area is 140 Å². The summed E-state index contributed by atoms with van der Waals surface area (Å²) in [5, 5.41) is 0. The number of aromatic nitrogens is 1. The van der Waals surface area contributed by atoms with Crippen LogP contribution >= 0.6 is 0 Å². The molecule has 4 rings (SSSR count). The molecule has 2 heterocycles. The van der Waals surface area contributed by atoms with Crippen LogP contribution in [0.15, 0.2) is 42.6 Å². The summed E-state index contributed by atoms with van der Waals surface area (Å²) < 4.78 is 13.3. The lowest BCUT2D eigenvalue weighted by Gasteiger charge is -2.16. The first-order valence-corrected chi connectivity index (χ1v) is 8.38. The number of likely N-dealkylation sites (tertiary alicyclic amines) is 1. The molecule has 2 fully saturated rings. The molecule has 2 unspecified atom stereocenters. The molecule has 1 aromatic heterocycles. The van der Waals surface area contributed by atoms with E-state index in [-0.39, 0.29) is 17.8 Å². The van der Waals surface area contributed by atoms with Gasteiger partial charge in [0.05, 0.1) is 11.3 Å². The fourth-order valence-corrected chi connectivity index (χ4v) is 3.56. The van der Waals surface area contributed by atoms with Gasteiger partial charge in [-0.25, -0.2) is 4.39 Å².